The van der Waals surface area contributed by atoms with Crippen molar-refractivity contribution in [2.24, 2.45) is 0 Å². The molecule has 3 nitrogen and oxygen atoms in total. The van der Waals surface area contributed by atoms with Crippen molar-refractivity contribution >= 4 is 0 Å². The number of aryl methyl sites for hydroxylation is 1. The molecule has 0 aliphatic rings. The minimum absolute atomic E-state index is 0.211. The van der Waals surface area contributed by atoms with Gasteiger partial charge in [0.15, 0.2) is 0 Å². The van der Waals surface area contributed by atoms with E-state index in [-0.39, 0.29) is 17.4 Å². The largest absolute Gasteiger partial charge is 0.508 e. The molecule has 0 saturated carbocycles. The van der Waals surface area contributed by atoms with E-state index in [1.807, 2.05) is 19.1 Å². The summed E-state index contributed by atoms with van der Waals surface area (Å²) in [5, 5.41) is 28.0. The van der Waals surface area contributed by atoms with E-state index in [0.717, 1.165) is 16.7 Å². The molecule has 2 aromatic rings. The SMILES string of the molecule is Cc1cc(O)ccc1[C@H](C#N)Cc1ccc(O)cc1. The summed E-state index contributed by atoms with van der Waals surface area (Å²) in [6, 6.07) is 14.2. The first-order valence-electron chi connectivity index (χ1n) is 6.07. The van der Waals surface area contributed by atoms with E-state index in [4.69, 9.17) is 0 Å². The average Bonchev–Trinajstić information content (AvgIpc) is 2.39. The Morgan fingerprint density at radius 3 is 2.26 bits per heavy atom. The summed E-state index contributed by atoms with van der Waals surface area (Å²) in [5.41, 5.74) is 2.83. The monoisotopic (exact) mass is 253 g/mol. The molecule has 2 aromatic carbocycles. The number of aromatic hydroxyl groups is 2. The predicted molar refractivity (Wildman–Crippen MR) is 73.0 cm³/mol. The van der Waals surface area contributed by atoms with Gasteiger partial charge in [-0.1, -0.05) is 18.2 Å². The minimum Gasteiger partial charge on any atom is -0.508 e. The summed E-state index contributed by atoms with van der Waals surface area (Å²) in [6.45, 7) is 1.89. The van der Waals surface area contributed by atoms with Crippen molar-refractivity contribution in [3.8, 4) is 17.6 Å². The lowest BCUT2D eigenvalue weighted by atomic mass is 9.90. The van der Waals surface area contributed by atoms with E-state index in [2.05, 4.69) is 6.07 Å². The van der Waals surface area contributed by atoms with Crippen LogP contribution in [0.2, 0.25) is 0 Å². The quantitative estimate of drug-likeness (QED) is 0.882. The first-order chi connectivity index (χ1) is 9.10. The van der Waals surface area contributed by atoms with E-state index in [1.165, 1.54) is 0 Å². The predicted octanol–water partition coefficient (Wildman–Crippen LogP) is 3.26. The van der Waals surface area contributed by atoms with Gasteiger partial charge in [-0.3, -0.25) is 0 Å². The molecule has 1 atom stereocenters. The van der Waals surface area contributed by atoms with E-state index in [9.17, 15) is 15.5 Å². The first kappa shape index (κ1) is 13.0. The summed E-state index contributed by atoms with van der Waals surface area (Å²) in [6.07, 6.45) is 0.586. The zero-order chi connectivity index (χ0) is 13.8. The molecule has 0 aliphatic heterocycles. The Bertz CT molecular complexity index is 612. The van der Waals surface area contributed by atoms with Crippen LogP contribution in [0.1, 0.15) is 22.6 Å². The van der Waals surface area contributed by atoms with Crippen LogP contribution in [0.15, 0.2) is 42.5 Å². The maximum Gasteiger partial charge on any atom is 0.115 e. The molecular formula is C16H15NO2. The number of phenolic OH excluding ortho intramolecular Hbond substituents is 2. The molecule has 2 rings (SSSR count). The number of hydrogen-bond acceptors (Lipinski definition) is 3. The summed E-state index contributed by atoms with van der Waals surface area (Å²) >= 11 is 0. The van der Waals surface area contributed by atoms with Gasteiger partial charge in [0, 0.05) is 0 Å². The van der Waals surface area contributed by atoms with Gasteiger partial charge in [-0.05, 0) is 54.3 Å². The molecule has 3 heteroatoms. The summed E-state index contributed by atoms with van der Waals surface area (Å²) < 4.78 is 0. The lowest BCUT2D eigenvalue weighted by Crippen LogP contribution is -2.02. The van der Waals surface area contributed by atoms with Crippen molar-refractivity contribution in [1.29, 1.82) is 5.26 Å². The van der Waals surface area contributed by atoms with Gasteiger partial charge in [0.05, 0.1) is 12.0 Å². The van der Waals surface area contributed by atoms with Crippen LogP contribution in [0.4, 0.5) is 0 Å². The van der Waals surface area contributed by atoms with Crippen LogP contribution in [0, 0.1) is 18.3 Å². The van der Waals surface area contributed by atoms with Gasteiger partial charge in [-0.2, -0.15) is 5.26 Å². The highest BCUT2D eigenvalue weighted by Gasteiger charge is 2.14. The highest BCUT2D eigenvalue weighted by atomic mass is 16.3. The van der Waals surface area contributed by atoms with Crippen LogP contribution < -0.4 is 0 Å². The lowest BCUT2D eigenvalue weighted by molar-refractivity contribution is 0.474. The molecular weight excluding hydrogens is 238 g/mol. The van der Waals surface area contributed by atoms with Crippen molar-refractivity contribution in [1.82, 2.24) is 0 Å². The minimum atomic E-state index is -0.259. The van der Waals surface area contributed by atoms with Crippen LogP contribution in [-0.4, -0.2) is 10.2 Å². The third kappa shape index (κ3) is 3.05. The Labute approximate surface area is 112 Å². The number of nitriles is 1. The second kappa shape index (κ2) is 5.45. The fourth-order valence-corrected chi connectivity index (χ4v) is 2.14. The number of rotatable bonds is 3. The molecule has 0 spiro atoms. The normalized spacial score (nSPS) is 11.8. The molecule has 0 aliphatic carbocycles. The van der Waals surface area contributed by atoms with Crippen LogP contribution in [0.5, 0.6) is 11.5 Å². The molecule has 0 amide bonds. The highest BCUT2D eigenvalue weighted by molar-refractivity contribution is 5.40. The van der Waals surface area contributed by atoms with Crippen LogP contribution in [0.3, 0.4) is 0 Å². The zero-order valence-corrected chi connectivity index (χ0v) is 10.7. The smallest absolute Gasteiger partial charge is 0.115 e. The third-order valence-electron chi connectivity index (χ3n) is 3.16. The highest BCUT2D eigenvalue weighted by Crippen LogP contribution is 2.26. The van der Waals surface area contributed by atoms with Gasteiger partial charge in [-0.15, -0.1) is 0 Å². The summed E-state index contributed by atoms with van der Waals surface area (Å²) in [4.78, 5) is 0. The van der Waals surface area contributed by atoms with Gasteiger partial charge in [0.25, 0.3) is 0 Å². The second-order valence-corrected chi connectivity index (χ2v) is 4.59. The van der Waals surface area contributed by atoms with E-state index < -0.39 is 0 Å². The van der Waals surface area contributed by atoms with E-state index in [1.54, 1.807) is 30.3 Å². The third-order valence-corrected chi connectivity index (χ3v) is 3.16. The molecule has 0 unspecified atom stereocenters. The molecule has 0 aromatic heterocycles. The summed E-state index contributed by atoms with van der Waals surface area (Å²) in [5.74, 6) is 0.172. The zero-order valence-electron chi connectivity index (χ0n) is 10.7. The molecule has 0 fully saturated rings. The number of nitrogens with zero attached hydrogens (tertiary/aromatic N) is 1. The molecule has 0 heterocycles. The van der Waals surface area contributed by atoms with Gasteiger partial charge >= 0.3 is 0 Å². The fraction of sp³-hybridized carbons (Fsp3) is 0.188. The maximum absolute atomic E-state index is 9.40. The van der Waals surface area contributed by atoms with Crippen molar-refractivity contribution in [2.75, 3.05) is 0 Å². The first-order valence-corrected chi connectivity index (χ1v) is 6.07. The standard InChI is InChI=1S/C16H15NO2/c1-11-8-15(19)6-7-16(11)13(10-17)9-12-2-4-14(18)5-3-12/h2-8,13,18-19H,9H2,1H3/t13-/m0/s1. The maximum atomic E-state index is 9.40. The van der Waals surface area contributed by atoms with Crippen LogP contribution >= 0.6 is 0 Å². The van der Waals surface area contributed by atoms with E-state index in [0.29, 0.717) is 6.42 Å². The molecule has 96 valence electrons. The Kier molecular flexibility index (Phi) is 3.72. The Balaban J connectivity index is 2.25. The second-order valence-electron chi connectivity index (χ2n) is 4.59. The fourth-order valence-electron chi connectivity index (χ4n) is 2.14. The number of benzene rings is 2. The number of hydrogen-bond donors (Lipinski definition) is 2. The van der Waals surface area contributed by atoms with Gasteiger partial charge in [0.2, 0.25) is 0 Å². The van der Waals surface area contributed by atoms with Crippen LogP contribution in [0.25, 0.3) is 0 Å². The van der Waals surface area contributed by atoms with Crippen molar-refractivity contribution in [3.05, 3.63) is 59.2 Å². The van der Waals surface area contributed by atoms with Crippen molar-refractivity contribution in [3.63, 3.8) is 0 Å². The van der Waals surface area contributed by atoms with Gasteiger partial charge in [0.1, 0.15) is 11.5 Å². The molecule has 0 radical (unpaired) electrons. The molecule has 2 N–H and O–H groups in total. The van der Waals surface area contributed by atoms with Crippen molar-refractivity contribution < 1.29 is 10.2 Å². The number of phenols is 2. The Morgan fingerprint density at radius 1 is 1.05 bits per heavy atom. The van der Waals surface area contributed by atoms with Gasteiger partial charge in [-0.25, -0.2) is 0 Å². The Hall–Kier alpha value is -2.47. The van der Waals surface area contributed by atoms with Gasteiger partial charge < -0.3 is 10.2 Å². The van der Waals surface area contributed by atoms with Crippen molar-refractivity contribution in [2.45, 2.75) is 19.3 Å². The average molecular weight is 253 g/mol. The molecule has 0 saturated heterocycles. The summed E-state index contributed by atoms with van der Waals surface area (Å²) in [7, 11) is 0. The van der Waals surface area contributed by atoms with E-state index >= 15 is 0 Å². The topological polar surface area (TPSA) is 64.2 Å². The Morgan fingerprint density at radius 2 is 1.68 bits per heavy atom. The molecule has 19 heavy (non-hydrogen) atoms. The van der Waals surface area contributed by atoms with Crippen LogP contribution in [-0.2, 0) is 6.42 Å². The lowest BCUT2D eigenvalue weighted by Gasteiger charge is -2.13. The molecule has 0 bridgehead atoms.